The number of hydrogen-bond donors (Lipinski definition) is 0. The summed E-state index contributed by atoms with van der Waals surface area (Å²) in [6, 6.07) is 20.7. The second-order valence-electron chi connectivity index (χ2n) is 5.33. The van der Waals surface area contributed by atoms with Gasteiger partial charge >= 0.3 is 0 Å². The first-order valence-electron chi connectivity index (χ1n) is 8.05. The molecule has 0 bridgehead atoms. The Kier molecular flexibility index (Phi) is 9.14. The second-order valence-corrected chi connectivity index (χ2v) is 5.33. The summed E-state index contributed by atoms with van der Waals surface area (Å²) in [7, 11) is 4.52. The number of ether oxygens (including phenoxy) is 3. The van der Waals surface area contributed by atoms with Gasteiger partial charge in [0, 0.05) is 22.6 Å². The molecule has 0 N–H and O–H groups in total. The van der Waals surface area contributed by atoms with Crippen LogP contribution in [0.4, 0.5) is 0 Å². The number of allylic oxidation sites excluding steroid dienone is 1. The standard InChI is InChI=1S/C17H17O4.C5H5.Fe/c1-11(12-7-5-6-8-12)15(18)13-9-10-14(19-2)17(21-4)16(13)20-3;1-2-4-5-3-1;/h5-10H,1H2,2-4H3;1-5H;/q-1;-5;. The van der Waals surface area contributed by atoms with Gasteiger partial charge in [0.1, 0.15) is 5.78 Å². The predicted molar refractivity (Wildman–Crippen MR) is 104 cm³/mol. The van der Waals surface area contributed by atoms with E-state index < -0.39 is 0 Å². The van der Waals surface area contributed by atoms with Crippen molar-refractivity contribution in [3.63, 3.8) is 0 Å². The largest absolute Gasteiger partial charge is 0.748 e. The number of carbonyl (C=O) groups excluding carboxylic acids is 1. The van der Waals surface area contributed by atoms with Gasteiger partial charge < -0.3 is 49.3 Å². The van der Waals surface area contributed by atoms with E-state index in [4.69, 9.17) is 14.2 Å². The van der Waals surface area contributed by atoms with E-state index in [1.165, 1.54) is 21.3 Å². The third kappa shape index (κ3) is 5.36. The molecule has 3 rings (SSSR count). The normalized spacial score (nSPS) is 9.30. The molecule has 4 nitrogen and oxygen atoms in total. The predicted octanol–water partition coefficient (Wildman–Crippen LogP) is 4.73. The average molecular weight is 406 g/mol. The first-order valence-corrected chi connectivity index (χ1v) is 8.05. The summed E-state index contributed by atoms with van der Waals surface area (Å²) in [6.45, 7) is 3.87. The molecule has 0 aromatic heterocycles. The van der Waals surface area contributed by atoms with Crippen LogP contribution in [0.1, 0.15) is 15.9 Å². The van der Waals surface area contributed by atoms with Crippen LogP contribution in [-0.2, 0) is 17.1 Å². The Labute approximate surface area is 170 Å². The fraction of sp³-hybridized carbons (Fsp3) is 0.136. The Hall–Kier alpha value is -2.75. The van der Waals surface area contributed by atoms with Gasteiger partial charge in [-0.1, -0.05) is 17.2 Å². The van der Waals surface area contributed by atoms with Crippen molar-refractivity contribution in [2.24, 2.45) is 0 Å². The molecule has 0 aliphatic heterocycles. The molecule has 0 spiro atoms. The fourth-order valence-corrected chi connectivity index (χ4v) is 2.47. The van der Waals surface area contributed by atoms with Gasteiger partial charge in [0.2, 0.25) is 5.75 Å². The van der Waals surface area contributed by atoms with Crippen LogP contribution in [0, 0.1) is 0 Å². The summed E-state index contributed by atoms with van der Waals surface area (Å²) in [5.41, 5.74) is 1.59. The van der Waals surface area contributed by atoms with E-state index in [9.17, 15) is 4.79 Å². The van der Waals surface area contributed by atoms with E-state index in [1.54, 1.807) is 12.1 Å². The molecule has 0 heterocycles. The minimum absolute atomic E-state index is 0. The zero-order valence-corrected chi connectivity index (χ0v) is 16.6. The molecule has 27 heavy (non-hydrogen) atoms. The number of Topliss-reactive ketones (excluding diaryl/α,β-unsaturated/α-hetero) is 1. The molecule has 0 aliphatic carbocycles. The topological polar surface area (TPSA) is 44.8 Å². The number of benzene rings is 1. The average Bonchev–Trinajstić information content (AvgIpc) is 3.41. The summed E-state index contributed by atoms with van der Waals surface area (Å²) in [5, 5.41) is 0. The van der Waals surface area contributed by atoms with Gasteiger partial charge in [0.05, 0.1) is 21.3 Å². The summed E-state index contributed by atoms with van der Waals surface area (Å²) in [5.74, 6) is 1.03. The first-order chi connectivity index (χ1) is 12.6. The Morgan fingerprint density at radius 2 is 1.41 bits per heavy atom. The van der Waals surface area contributed by atoms with Gasteiger partial charge in [0.15, 0.2) is 11.5 Å². The van der Waals surface area contributed by atoms with E-state index in [2.05, 4.69) is 6.58 Å². The molecule has 0 atom stereocenters. The summed E-state index contributed by atoms with van der Waals surface area (Å²) >= 11 is 0. The third-order valence-electron chi connectivity index (χ3n) is 3.79. The van der Waals surface area contributed by atoms with Gasteiger partial charge in [-0.15, -0.1) is 12.1 Å². The molecule has 0 fully saturated rings. The van der Waals surface area contributed by atoms with Crippen molar-refractivity contribution in [3.8, 4) is 17.2 Å². The number of carbonyl (C=O) groups is 1. The van der Waals surface area contributed by atoms with E-state index in [0.717, 1.165) is 5.56 Å². The molecule has 3 aromatic rings. The molecular formula is C22H22FeO4-6. The summed E-state index contributed by atoms with van der Waals surface area (Å²) in [6.07, 6.45) is 0. The zero-order chi connectivity index (χ0) is 18.9. The maximum atomic E-state index is 12.6. The number of hydrogen-bond acceptors (Lipinski definition) is 4. The van der Waals surface area contributed by atoms with Gasteiger partial charge in [-0.2, -0.15) is 18.7 Å². The first kappa shape index (κ1) is 22.3. The monoisotopic (exact) mass is 406 g/mol. The second kappa shape index (κ2) is 11.1. The molecule has 0 saturated carbocycles. The Morgan fingerprint density at radius 1 is 0.889 bits per heavy atom. The molecule has 148 valence electrons. The molecule has 5 heteroatoms. The SMILES string of the molecule is C=C(C(=O)c1ccc(OC)c(OC)c1OC)[c-]1cccc1.[Fe].[cH-]1[cH-][cH-][cH-][cH-]1. The minimum atomic E-state index is -0.209. The molecule has 0 aliphatic rings. The van der Waals surface area contributed by atoms with Gasteiger partial charge in [0.25, 0.3) is 0 Å². The van der Waals surface area contributed by atoms with E-state index in [0.29, 0.717) is 28.4 Å². The molecule has 0 radical (unpaired) electrons. The van der Waals surface area contributed by atoms with Crippen molar-refractivity contribution in [2.45, 2.75) is 0 Å². The van der Waals surface area contributed by atoms with Crippen LogP contribution in [-0.4, -0.2) is 27.1 Å². The molecule has 0 unspecified atom stereocenters. The van der Waals surface area contributed by atoms with Crippen molar-refractivity contribution < 1.29 is 36.1 Å². The van der Waals surface area contributed by atoms with Crippen molar-refractivity contribution in [1.29, 1.82) is 0 Å². The maximum Gasteiger partial charge on any atom is 0.203 e. The van der Waals surface area contributed by atoms with Crippen molar-refractivity contribution >= 4 is 11.4 Å². The van der Waals surface area contributed by atoms with E-state index in [-0.39, 0.29) is 22.9 Å². The number of methoxy groups -OCH3 is 3. The van der Waals surface area contributed by atoms with Crippen LogP contribution in [0.5, 0.6) is 17.2 Å². The Balaban J connectivity index is 0.000000526. The summed E-state index contributed by atoms with van der Waals surface area (Å²) in [4.78, 5) is 12.6. The molecular weight excluding hydrogens is 384 g/mol. The van der Waals surface area contributed by atoms with Gasteiger partial charge in [-0.05, 0) is 6.07 Å². The molecule has 3 aromatic carbocycles. The summed E-state index contributed by atoms with van der Waals surface area (Å²) < 4.78 is 15.8. The molecule has 0 saturated heterocycles. The van der Waals surface area contributed by atoms with Crippen molar-refractivity contribution in [3.05, 3.63) is 84.4 Å². The van der Waals surface area contributed by atoms with Crippen LogP contribution in [0.3, 0.4) is 0 Å². The smallest absolute Gasteiger partial charge is 0.203 e. The van der Waals surface area contributed by atoms with E-state index >= 15 is 0 Å². The number of ketones is 1. The van der Waals surface area contributed by atoms with Crippen LogP contribution in [0.15, 0.2) is 73.3 Å². The Bertz CT molecular complexity index is 816. The van der Waals surface area contributed by atoms with Crippen LogP contribution >= 0.6 is 0 Å². The fourth-order valence-electron chi connectivity index (χ4n) is 2.47. The quantitative estimate of drug-likeness (QED) is 0.257. The van der Waals surface area contributed by atoms with Crippen LogP contribution in [0.2, 0.25) is 0 Å². The van der Waals surface area contributed by atoms with Crippen molar-refractivity contribution in [1.82, 2.24) is 0 Å². The number of rotatable bonds is 6. The van der Waals surface area contributed by atoms with Gasteiger partial charge in [-0.3, -0.25) is 0 Å². The maximum absolute atomic E-state index is 12.6. The van der Waals surface area contributed by atoms with Crippen molar-refractivity contribution in [2.75, 3.05) is 21.3 Å². The van der Waals surface area contributed by atoms with Gasteiger partial charge in [-0.25, -0.2) is 0 Å². The third-order valence-corrected chi connectivity index (χ3v) is 3.79. The Morgan fingerprint density at radius 3 is 1.85 bits per heavy atom. The minimum Gasteiger partial charge on any atom is -0.748 e. The molecule has 0 amide bonds. The van der Waals surface area contributed by atoms with Crippen LogP contribution < -0.4 is 14.2 Å². The zero-order valence-electron chi connectivity index (χ0n) is 15.5. The van der Waals surface area contributed by atoms with E-state index in [1.807, 2.05) is 54.6 Å². The van der Waals surface area contributed by atoms with Crippen LogP contribution in [0.25, 0.3) is 5.57 Å².